The molecule has 3 heteroatoms. The van der Waals surface area contributed by atoms with Crippen LogP contribution in [-0.4, -0.2) is 11.8 Å². The molecule has 1 heterocycles. The number of hydrogen-bond acceptors (Lipinski definition) is 2. The Morgan fingerprint density at radius 3 is 3.06 bits per heavy atom. The third-order valence-corrected chi connectivity index (χ3v) is 4.30. The van der Waals surface area contributed by atoms with Gasteiger partial charge >= 0.3 is 0 Å². The van der Waals surface area contributed by atoms with Crippen LogP contribution in [0.5, 0.6) is 0 Å². The lowest BCUT2D eigenvalue weighted by Crippen LogP contribution is -2.32. The average Bonchev–Trinajstić information content (AvgIpc) is 2.28. The lowest BCUT2D eigenvalue weighted by atomic mass is 9.98. The van der Waals surface area contributed by atoms with Crippen molar-refractivity contribution in [3.8, 4) is 0 Å². The first-order valence-electron chi connectivity index (χ1n) is 5.85. The molecule has 0 bridgehead atoms. The number of halogens is 1. The van der Waals surface area contributed by atoms with E-state index in [-0.39, 0.29) is 5.82 Å². The first-order chi connectivity index (χ1) is 7.72. The van der Waals surface area contributed by atoms with Gasteiger partial charge in [-0.3, -0.25) is 0 Å². The van der Waals surface area contributed by atoms with Crippen molar-refractivity contribution < 1.29 is 4.39 Å². The minimum Gasteiger partial charge on any atom is -0.309 e. The maximum absolute atomic E-state index is 13.3. The van der Waals surface area contributed by atoms with E-state index in [1.165, 1.54) is 5.56 Å². The van der Waals surface area contributed by atoms with Gasteiger partial charge in [0.15, 0.2) is 0 Å². The monoisotopic (exact) mass is 239 g/mol. The highest BCUT2D eigenvalue weighted by atomic mass is 32.2. The maximum Gasteiger partial charge on any atom is 0.123 e. The number of benzene rings is 1. The Balaban J connectivity index is 2.27. The second-order valence-corrected chi connectivity index (χ2v) is 5.66. The molecule has 2 rings (SSSR count). The van der Waals surface area contributed by atoms with E-state index < -0.39 is 0 Å². The van der Waals surface area contributed by atoms with E-state index in [4.69, 9.17) is 0 Å². The van der Waals surface area contributed by atoms with Crippen LogP contribution in [0.25, 0.3) is 0 Å². The Kier molecular flexibility index (Phi) is 3.87. The SMILES string of the molecule is CCCNC1c2cc(F)ccc2CSC1C. The van der Waals surface area contributed by atoms with E-state index in [1.54, 1.807) is 12.1 Å². The van der Waals surface area contributed by atoms with E-state index in [1.807, 2.05) is 17.8 Å². The third-order valence-electron chi connectivity index (χ3n) is 3.03. The summed E-state index contributed by atoms with van der Waals surface area (Å²) in [6.45, 7) is 5.36. The lowest BCUT2D eigenvalue weighted by Gasteiger charge is -2.31. The zero-order valence-corrected chi connectivity index (χ0v) is 10.6. The quantitative estimate of drug-likeness (QED) is 0.866. The van der Waals surface area contributed by atoms with Crippen molar-refractivity contribution in [2.45, 2.75) is 37.3 Å². The van der Waals surface area contributed by atoms with Gasteiger partial charge in [-0.25, -0.2) is 4.39 Å². The molecule has 2 unspecified atom stereocenters. The van der Waals surface area contributed by atoms with Crippen molar-refractivity contribution in [2.24, 2.45) is 0 Å². The van der Waals surface area contributed by atoms with Crippen molar-refractivity contribution in [1.82, 2.24) is 5.32 Å². The number of nitrogens with one attached hydrogen (secondary N) is 1. The van der Waals surface area contributed by atoms with Crippen molar-refractivity contribution in [2.75, 3.05) is 6.54 Å². The van der Waals surface area contributed by atoms with Gasteiger partial charge in [0.1, 0.15) is 5.82 Å². The number of hydrogen-bond donors (Lipinski definition) is 1. The maximum atomic E-state index is 13.3. The van der Waals surface area contributed by atoms with Crippen LogP contribution >= 0.6 is 11.8 Å². The standard InChI is InChI=1S/C13H18FNS/c1-3-6-15-13-9(2)16-8-10-4-5-11(14)7-12(10)13/h4-5,7,9,13,15H,3,6,8H2,1-2H3. The van der Waals surface area contributed by atoms with E-state index >= 15 is 0 Å². The summed E-state index contributed by atoms with van der Waals surface area (Å²) in [6, 6.07) is 5.47. The molecule has 1 aliphatic rings. The predicted octanol–water partition coefficient (Wildman–Crippen LogP) is 3.50. The zero-order chi connectivity index (χ0) is 11.5. The Hall–Kier alpha value is -0.540. The molecular weight excluding hydrogens is 221 g/mol. The van der Waals surface area contributed by atoms with Crippen LogP contribution < -0.4 is 5.32 Å². The molecule has 0 spiro atoms. The van der Waals surface area contributed by atoms with Gasteiger partial charge in [0, 0.05) is 17.0 Å². The minimum absolute atomic E-state index is 0.124. The molecule has 1 aromatic carbocycles. The molecule has 2 atom stereocenters. The van der Waals surface area contributed by atoms with E-state index in [0.29, 0.717) is 11.3 Å². The van der Waals surface area contributed by atoms with Crippen molar-refractivity contribution in [3.63, 3.8) is 0 Å². The Morgan fingerprint density at radius 1 is 1.50 bits per heavy atom. The lowest BCUT2D eigenvalue weighted by molar-refractivity contribution is 0.516. The highest BCUT2D eigenvalue weighted by Crippen LogP contribution is 2.37. The van der Waals surface area contributed by atoms with E-state index in [2.05, 4.69) is 19.2 Å². The molecule has 0 saturated heterocycles. The summed E-state index contributed by atoms with van der Waals surface area (Å²) in [6.07, 6.45) is 1.11. The van der Waals surface area contributed by atoms with Gasteiger partial charge in [-0.2, -0.15) is 11.8 Å². The molecule has 0 fully saturated rings. The fraction of sp³-hybridized carbons (Fsp3) is 0.538. The molecule has 88 valence electrons. The summed E-state index contributed by atoms with van der Waals surface area (Å²) in [5.41, 5.74) is 2.43. The molecule has 0 aliphatic carbocycles. The Morgan fingerprint density at radius 2 is 2.31 bits per heavy atom. The summed E-state index contributed by atoms with van der Waals surface area (Å²) in [4.78, 5) is 0. The molecule has 0 aromatic heterocycles. The van der Waals surface area contributed by atoms with Crippen LogP contribution in [0.1, 0.15) is 37.4 Å². The topological polar surface area (TPSA) is 12.0 Å². The van der Waals surface area contributed by atoms with Crippen molar-refractivity contribution in [1.29, 1.82) is 0 Å². The first kappa shape index (κ1) is 11.9. The fourth-order valence-electron chi connectivity index (χ4n) is 2.13. The van der Waals surface area contributed by atoms with E-state index in [9.17, 15) is 4.39 Å². The van der Waals surface area contributed by atoms with Gasteiger partial charge in [0.05, 0.1) is 0 Å². The molecular formula is C13H18FNS. The Labute approximate surface area is 101 Å². The highest BCUT2D eigenvalue weighted by Gasteiger charge is 2.26. The van der Waals surface area contributed by atoms with Crippen molar-refractivity contribution in [3.05, 3.63) is 35.1 Å². The second-order valence-electron chi connectivity index (χ2n) is 4.29. The van der Waals surface area contributed by atoms with Crippen LogP contribution in [0.4, 0.5) is 4.39 Å². The van der Waals surface area contributed by atoms with Crippen LogP contribution in [0.3, 0.4) is 0 Å². The number of thioether (sulfide) groups is 1. The molecule has 0 radical (unpaired) electrons. The van der Waals surface area contributed by atoms with Crippen LogP contribution in [0, 0.1) is 5.82 Å². The van der Waals surface area contributed by atoms with Gasteiger partial charge in [0.25, 0.3) is 0 Å². The smallest absolute Gasteiger partial charge is 0.123 e. The molecule has 0 amide bonds. The van der Waals surface area contributed by atoms with Gasteiger partial charge < -0.3 is 5.32 Å². The predicted molar refractivity (Wildman–Crippen MR) is 68.2 cm³/mol. The zero-order valence-electron chi connectivity index (χ0n) is 9.79. The summed E-state index contributed by atoms with van der Waals surface area (Å²) >= 11 is 1.94. The van der Waals surface area contributed by atoms with Gasteiger partial charge in [0.2, 0.25) is 0 Å². The molecule has 0 saturated carbocycles. The number of fused-ring (bicyclic) bond motifs is 1. The summed E-state index contributed by atoms with van der Waals surface area (Å²) < 4.78 is 13.3. The van der Waals surface area contributed by atoms with Crippen LogP contribution in [0.2, 0.25) is 0 Å². The summed E-state index contributed by atoms with van der Waals surface area (Å²) in [7, 11) is 0. The molecule has 16 heavy (non-hydrogen) atoms. The van der Waals surface area contributed by atoms with Gasteiger partial charge in [-0.15, -0.1) is 0 Å². The number of rotatable bonds is 3. The summed E-state index contributed by atoms with van der Waals surface area (Å²) in [5.74, 6) is 0.877. The second kappa shape index (κ2) is 5.19. The van der Waals surface area contributed by atoms with Gasteiger partial charge in [-0.05, 0) is 36.2 Å². The first-order valence-corrected chi connectivity index (χ1v) is 6.90. The fourth-order valence-corrected chi connectivity index (χ4v) is 3.27. The third kappa shape index (κ3) is 2.41. The average molecular weight is 239 g/mol. The van der Waals surface area contributed by atoms with Crippen LogP contribution in [-0.2, 0) is 5.75 Å². The minimum atomic E-state index is -0.124. The molecule has 1 aromatic rings. The van der Waals surface area contributed by atoms with Crippen molar-refractivity contribution >= 4 is 11.8 Å². The normalized spacial score (nSPS) is 24.2. The van der Waals surface area contributed by atoms with E-state index in [0.717, 1.165) is 24.3 Å². The largest absolute Gasteiger partial charge is 0.309 e. The molecule has 1 aliphatic heterocycles. The van der Waals surface area contributed by atoms with Crippen LogP contribution in [0.15, 0.2) is 18.2 Å². The molecule has 1 N–H and O–H groups in total. The van der Waals surface area contributed by atoms with Gasteiger partial charge in [-0.1, -0.05) is 19.9 Å². The summed E-state index contributed by atoms with van der Waals surface area (Å²) in [5, 5.41) is 4.03. The Bertz CT molecular complexity index is 367. The molecule has 1 nitrogen and oxygen atoms in total. The highest BCUT2D eigenvalue weighted by molar-refractivity contribution is 7.99.